The molecular formula is C16H14N2S. The number of aromatic nitrogens is 1. The van der Waals surface area contributed by atoms with Crippen molar-refractivity contribution in [3.63, 3.8) is 0 Å². The van der Waals surface area contributed by atoms with Crippen molar-refractivity contribution in [2.24, 2.45) is 0 Å². The molecule has 0 aliphatic carbocycles. The SMILES string of the molecule is Cc1ccccc1-c1csc(-c2ccc(N)cc2)n1. The summed E-state index contributed by atoms with van der Waals surface area (Å²) in [6, 6.07) is 16.1. The fourth-order valence-corrected chi connectivity index (χ4v) is 2.84. The van der Waals surface area contributed by atoms with Gasteiger partial charge >= 0.3 is 0 Å². The molecule has 0 saturated carbocycles. The van der Waals surface area contributed by atoms with Crippen LogP contribution in [0.25, 0.3) is 21.8 Å². The molecule has 3 rings (SSSR count). The molecule has 0 fully saturated rings. The fraction of sp³-hybridized carbons (Fsp3) is 0.0625. The van der Waals surface area contributed by atoms with E-state index in [0.717, 1.165) is 22.0 Å². The molecule has 0 radical (unpaired) electrons. The number of thiazole rings is 1. The third kappa shape index (κ3) is 2.37. The number of anilines is 1. The minimum absolute atomic E-state index is 0.777. The van der Waals surface area contributed by atoms with Crippen LogP contribution in [0.2, 0.25) is 0 Å². The lowest BCUT2D eigenvalue weighted by atomic mass is 10.1. The van der Waals surface area contributed by atoms with Crippen LogP contribution in [0, 0.1) is 6.92 Å². The molecular weight excluding hydrogens is 252 g/mol. The van der Waals surface area contributed by atoms with Gasteiger partial charge in [-0.1, -0.05) is 24.3 Å². The van der Waals surface area contributed by atoms with Gasteiger partial charge in [-0.2, -0.15) is 0 Å². The number of benzene rings is 2. The Morgan fingerprint density at radius 3 is 2.47 bits per heavy atom. The van der Waals surface area contributed by atoms with Crippen LogP contribution >= 0.6 is 11.3 Å². The van der Waals surface area contributed by atoms with E-state index in [4.69, 9.17) is 10.7 Å². The van der Waals surface area contributed by atoms with Gasteiger partial charge in [-0.05, 0) is 36.8 Å². The average Bonchev–Trinajstić information content (AvgIpc) is 2.89. The highest BCUT2D eigenvalue weighted by molar-refractivity contribution is 7.13. The largest absolute Gasteiger partial charge is 0.399 e. The summed E-state index contributed by atoms with van der Waals surface area (Å²) in [5.41, 5.74) is 11.1. The third-order valence-electron chi connectivity index (χ3n) is 3.08. The van der Waals surface area contributed by atoms with E-state index in [9.17, 15) is 0 Å². The first-order valence-electron chi connectivity index (χ1n) is 6.11. The molecule has 2 nitrogen and oxygen atoms in total. The van der Waals surface area contributed by atoms with Gasteiger partial charge in [-0.25, -0.2) is 4.98 Å². The van der Waals surface area contributed by atoms with Crippen molar-refractivity contribution >= 4 is 17.0 Å². The first-order valence-corrected chi connectivity index (χ1v) is 6.99. The second-order valence-electron chi connectivity index (χ2n) is 4.47. The monoisotopic (exact) mass is 266 g/mol. The molecule has 2 aromatic carbocycles. The zero-order valence-electron chi connectivity index (χ0n) is 10.6. The second-order valence-corrected chi connectivity index (χ2v) is 5.33. The molecule has 0 bridgehead atoms. The topological polar surface area (TPSA) is 38.9 Å². The van der Waals surface area contributed by atoms with Crippen molar-refractivity contribution in [3.05, 3.63) is 59.5 Å². The maximum absolute atomic E-state index is 5.70. The second kappa shape index (κ2) is 4.86. The van der Waals surface area contributed by atoms with Crippen LogP contribution in [0.15, 0.2) is 53.9 Å². The molecule has 0 aliphatic heterocycles. The van der Waals surface area contributed by atoms with Gasteiger partial charge in [0.15, 0.2) is 0 Å². The number of nitrogen functional groups attached to an aromatic ring is 1. The van der Waals surface area contributed by atoms with E-state index in [2.05, 4.69) is 24.4 Å². The molecule has 3 aromatic rings. The molecule has 1 heterocycles. The highest BCUT2D eigenvalue weighted by atomic mass is 32.1. The summed E-state index contributed by atoms with van der Waals surface area (Å²) in [7, 11) is 0. The molecule has 0 unspecified atom stereocenters. The van der Waals surface area contributed by atoms with Crippen molar-refractivity contribution in [1.29, 1.82) is 0 Å². The van der Waals surface area contributed by atoms with E-state index >= 15 is 0 Å². The Labute approximate surface area is 116 Å². The molecule has 1 aromatic heterocycles. The molecule has 0 aliphatic rings. The van der Waals surface area contributed by atoms with Crippen molar-refractivity contribution in [3.8, 4) is 21.8 Å². The smallest absolute Gasteiger partial charge is 0.124 e. The van der Waals surface area contributed by atoms with Crippen LogP contribution in [-0.2, 0) is 0 Å². The zero-order valence-corrected chi connectivity index (χ0v) is 11.4. The Kier molecular flexibility index (Phi) is 3.05. The Bertz CT molecular complexity index is 699. The van der Waals surface area contributed by atoms with Gasteiger partial charge in [-0.15, -0.1) is 11.3 Å². The van der Waals surface area contributed by atoms with Crippen LogP contribution < -0.4 is 5.73 Å². The summed E-state index contributed by atoms with van der Waals surface area (Å²) in [5.74, 6) is 0. The Hall–Kier alpha value is -2.13. The number of aryl methyl sites for hydroxylation is 1. The normalized spacial score (nSPS) is 10.6. The number of hydrogen-bond acceptors (Lipinski definition) is 3. The lowest BCUT2D eigenvalue weighted by Crippen LogP contribution is -1.85. The third-order valence-corrected chi connectivity index (χ3v) is 3.97. The Morgan fingerprint density at radius 2 is 1.74 bits per heavy atom. The van der Waals surface area contributed by atoms with Crippen LogP contribution in [-0.4, -0.2) is 4.98 Å². The van der Waals surface area contributed by atoms with Crippen LogP contribution in [0.1, 0.15) is 5.56 Å². The molecule has 0 amide bonds. The van der Waals surface area contributed by atoms with E-state index < -0.39 is 0 Å². The first kappa shape index (κ1) is 11.9. The predicted octanol–water partition coefficient (Wildman–Crippen LogP) is 4.37. The van der Waals surface area contributed by atoms with E-state index in [1.807, 2.05) is 36.4 Å². The quantitative estimate of drug-likeness (QED) is 0.700. The van der Waals surface area contributed by atoms with Gasteiger partial charge in [0.2, 0.25) is 0 Å². The van der Waals surface area contributed by atoms with Crippen molar-refractivity contribution < 1.29 is 0 Å². The molecule has 19 heavy (non-hydrogen) atoms. The van der Waals surface area contributed by atoms with Crippen LogP contribution in [0.4, 0.5) is 5.69 Å². The summed E-state index contributed by atoms with van der Waals surface area (Å²) in [5, 5.41) is 3.13. The molecule has 0 atom stereocenters. The van der Waals surface area contributed by atoms with Gasteiger partial charge in [0, 0.05) is 22.2 Å². The van der Waals surface area contributed by atoms with Gasteiger partial charge < -0.3 is 5.73 Å². The standard InChI is InChI=1S/C16H14N2S/c1-11-4-2-3-5-14(11)15-10-19-16(18-15)12-6-8-13(17)9-7-12/h2-10H,17H2,1H3. The molecule has 2 N–H and O–H groups in total. The zero-order chi connectivity index (χ0) is 13.2. The van der Waals surface area contributed by atoms with Crippen molar-refractivity contribution in [2.45, 2.75) is 6.92 Å². The van der Waals surface area contributed by atoms with Gasteiger partial charge in [0.25, 0.3) is 0 Å². The number of nitrogens with zero attached hydrogens (tertiary/aromatic N) is 1. The lowest BCUT2D eigenvalue weighted by Gasteiger charge is -2.01. The number of hydrogen-bond donors (Lipinski definition) is 1. The number of nitrogens with two attached hydrogens (primary N) is 1. The van der Waals surface area contributed by atoms with Crippen molar-refractivity contribution in [1.82, 2.24) is 4.98 Å². The van der Waals surface area contributed by atoms with Crippen molar-refractivity contribution in [2.75, 3.05) is 5.73 Å². The maximum atomic E-state index is 5.70. The van der Waals surface area contributed by atoms with Gasteiger partial charge in [0.1, 0.15) is 5.01 Å². The van der Waals surface area contributed by atoms with E-state index in [1.165, 1.54) is 11.1 Å². The summed E-state index contributed by atoms with van der Waals surface area (Å²) >= 11 is 1.66. The molecule has 94 valence electrons. The Balaban J connectivity index is 2.00. The molecule has 0 spiro atoms. The van der Waals surface area contributed by atoms with E-state index in [0.29, 0.717) is 0 Å². The molecule has 0 saturated heterocycles. The highest BCUT2D eigenvalue weighted by Crippen LogP contribution is 2.30. The lowest BCUT2D eigenvalue weighted by molar-refractivity contribution is 1.37. The minimum Gasteiger partial charge on any atom is -0.399 e. The maximum Gasteiger partial charge on any atom is 0.124 e. The Morgan fingerprint density at radius 1 is 1.00 bits per heavy atom. The minimum atomic E-state index is 0.777. The first-order chi connectivity index (χ1) is 9.24. The summed E-state index contributed by atoms with van der Waals surface area (Å²) in [6.45, 7) is 2.11. The van der Waals surface area contributed by atoms with E-state index in [1.54, 1.807) is 11.3 Å². The highest BCUT2D eigenvalue weighted by Gasteiger charge is 2.08. The summed E-state index contributed by atoms with van der Waals surface area (Å²) < 4.78 is 0. The average molecular weight is 266 g/mol. The van der Waals surface area contributed by atoms with Crippen LogP contribution in [0.5, 0.6) is 0 Å². The van der Waals surface area contributed by atoms with Gasteiger partial charge in [0.05, 0.1) is 5.69 Å². The van der Waals surface area contributed by atoms with E-state index in [-0.39, 0.29) is 0 Å². The molecule has 3 heteroatoms. The fourth-order valence-electron chi connectivity index (χ4n) is 2.02. The van der Waals surface area contributed by atoms with Gasteiger partial charge in [-0.3, -0.25) is 0 Å². The summed E-state index contributed by atoms with van der Waals surface area (Å²) in [6.07, 6.45) is 0. The summed E-state index contributed by atoms with van der Waals surface area (Å²) in [4.78, 5) is 4.72. The van der Waals surface area contributed by atoms with Crippen LogP contribution in [0.3, 0.4) is 0 Å². The predicted molar refractivity (Wildman–Crippen MR) is 82.1 cm³/mol. The number of rotatable bonds is 2.